The minimum atomic E-state index is -0.224. The molecule has 1 aliphatic heterocycles. The monoisotopic (exact) mass is 540 g/mol. The highest BCUT2D eigenvalue weighted by molar-refractivity contribution is 5.94. The summed E-state index contributed by atoms with van der Waals surface area (Å²) in [5, 5.41) is 15.7. The number of nitrogens with zero attached hydrogens (tertiary/aromatic N) is 3. The quantitative estimate of drug-likeness (QED) is 0.304. The van der Waals surface area contributed by atoms with Gasteiger partial charge in [-0.1, -0.05) is 17.0 Å². The first-order valence-electron chi connectivity index (χ1n) is 13.4. The summed E-state index contributed by atoms with van der Waals surface area (Å²) < 4.78 is 19.4. The van der Waals surface area contributed by atoms with Crippen LogP contribution in [0.15, 0.2) is 71.5 Å². The molecular weight excluding hydrogens is 508 g/mol. The number of hydrogen-bond acceptors (Lipinski definition) is 7. The van der Waals surface area contributed by atoms with Gasteiger partial charge in [0, 0.05) is 53.9 Å². The second-order valence-corrected chi connectivity index (χ2v) is 9.55. The van der Waals surface area contributed by atoms with Gasteiger partial charge in [0.15, 0.2) is 12.1 Å². The van der Waals surface area contributed by atoms with Crippen molar-refractivity contribution in [2.24, 2.45) is 0 Å². The van der Waals surface area contributed by atoms with Crippen LogP contribution in [-0.4, -0.2) is 51.8 Å². The van der Waals surface area contributed by atoms with E-state index in [1.54, 1.807) is 30.5 Å². The zero-order valence-electron chi connectivity index (χ0n) is 22.4. The molecule has 1 unspecified atom stereocenters. The summed E-state index contributed by atoms with van der Waals surface area (Å²) in [5.74, 6) is 7.53. The van der Waals surface area contributed by atoms with Gasteiger partial charge in [-0.3, -0.25) is 4.79 Å². The number of imidazole rings is 1. The number of amides is 1. The molecule has 0 bridgehead atoms. The number of aliphatic hydroxyl groups is 1. The molecule has 0 spiro atoms. The van der Waals surface area contributed by atoms with Crippen LogP contribution in [-0.2, 0) is 16.0 Å². The zero-order chi connectivity index (χ0) is 27.7. The topological polar surface area (TPSA) is 112 Å². The van der Waals surface area contributed by atoms with Crippen LogP contribution in [0.4, 0.5) is 0 Å². The van der Waals surface area contributed by atoms with E-state index in [0.717, 1.165) is 54.1 Å². The Kier molecular flexibility index (Phi) is 9.04. The van der Waals surface area contributed by atoms with E-state index in [9.17, 15) is 4.79 Å². The van der Waals surface area contributed by atoms with E-state index in [-0.39, 0.29) is 31.5 Å². The summed E-state index contributed by atoms with van der Waals surface area (Å²) in [4.78, 5) is 16.4. The molecule has 0 saturated carbocycles. The van der Waals surface area contributed by atoms with Crippen molar-refractivity contribution >= 4 is 5.91 Å². The van der Waals surface area contributed by atoms with E-state index < -0.39 is 0 Å². The van der Waals surface area contributed by atoms with E-state index in [2.05, 4.69) is 27.3 Å². The van der Waals surface area contributed by atoms with Crippen LogP contribution in [0.1, 0.15) is 65.3 Å². The molecule has 9 heteroatoms. The molecule has 5 rings (SSSR count). The molecule has 2 aromatic carbocycles. The first-order chi connectivity index (χ1) is 19.6. The maximum Gasteiger partial charge on any atom is 0.251 e. The van der Waals surface area contributed by atoms with E-state index in [4.69, 9.17) is 19.1 Å². The Hall–Kier alpha value is -4.23. The average molecular weight is 541 g/mol. The van der Waals surface area contributed by atoms with Gasteiger partial charge in [-0.25, -0.2) is 4.98 Å². The van der Waals surface area contributed by atoms with Crippen LogP contribution in [0.3, 0.4) is 0 Å². The highest BCUT2D eigenvalue weighted by Gasteiger charge is 2.21. The van der Waals surface area contributed by atoms with Crippen molar-refractivity contribution in [1.82, 2.24) is 20.0 Å². The predicted octanol–water partition coefficient (Wildman–Crippen LogP) is 4.31. The number of aliphatic hydroxyl groups excluding tert-OH is 1. The van der Waals surface area contributed by atoms with Gasteiger partial charge in [-0.15, -0.1) is 0 Å². The van der Waals surface area contributed by atoms with Crippen molar-refractivity contribution in [3.63, 3.8) is 0 Å². The first kappa shape index (κ1) is 27.3. The fourth-order valence-electron chi connectivity index (χ4n) is 4.46. The minimum absolute atomic E-state index is 0.0932. The number of hydrogen-bond donors (Lipinski definition) is 2. The largest absolute Gasteiger partial charge is 0.395 e. The molecule has 1 aliphatic rings. The number of ether oxygens (including phenoxy) is 2. The van der Waals surface area contributed by atoms with Gasteiger partial charge >= 0.3 is 0 Å². The lowest BCUT2D eigenvalue weighted by Crippen LogP contribution is -2.26. The lowest BCUT2D eigenvalue weighted by molar-refractivity contribution is -0.188. The number of nitrogens with one attached hydrogen (secondary N) is 1. The van der Waals surface area contributed by atoms with Gasteiger partial charge in [0.1, 0.15) is 17.6 Å². The molecule has 1 saturated heterocycles. The third-order valence-electron chi connectivity index (χ3n) is 6.56. The van der Waals surface area contributed by atoms with Crippen molar-refractivity contribution < 1.29 is 23.9 Å². The SMILES string of the molecule is C[C@H](OC1CCCCO1)c1nccn1Cc1cc(-c2ccc(C#Cc3ccc(C(=O)NCCO)cc3)cc2)on1. The summed E-state index contributed by atoms with van der Waals surface area (Å²) in [6, 6.07) is 16.7. The normalized spacial score (nSPS) is 15.7. The maximum atomic E-state index is 11.9. The predicted molar refractivity (Wildman–Crippen MR) is 148 cm³/mol. The average Bonchev–Trinajstić information content (AvgIpc) is 3.66. The van der Waals surface area contributed by atoms with Gasteiger partial charge < -0.3 is 29.0 Å². The number of carbonyl (C=O) groups excluding carboxylic acids is 1. The molecule has 2 aromatic heterocycles. The Morgan fingerprint density at radius 2 is 1.90 bits per heavy atom. The number of aromatic nitrogens is 3. The lowest BCUT2D eigenvalue weighted by atomic mass is 10.1. The molecule has 0 radical (unpaired) electrons. The highest BCUT2D eigenvalue weighted by Crippen LogP contribution is 2.25. The molecule has 2 N–H and O–H groups in total. The van der Waals surface area contributed by atoms with Crippen LogP contribution in [0.25, 0.3) is 11.3 Å². The van der Waals surface area contributed by atoms with Crippen LogP contribution in [0, 0.1) is 11.8 Å². The molecule has 1 fully saturated rings. The second-order valence-electron chi connectivity index (χ2n) is 9.55. The first-order valence-corrected chi connectivity index (χ1v) is 13.4. The van der Waals surface area contributed by atoms with Crippen molar-refractivity contribution in [3.05, 3.63) is 95.2 Å². The van der Waals surface area contributed by atoms with Crippen LogP contribution >= 0.6 is 0 Å². The van der Waals surface area contributed by atoms with Crippen molar-refractivity contribution in [2.45, 2.75) is 45.1 Å². The van der Waals surface area contributed by atoms with E-state index in [1.807, 2.05) is 48.0 Å². The molecule has 206 valence electrons. The van der Waals surface area contributed by atoms with E-state index >= 15 is 0 Å². The molecule has 9 nitrogen and oxygen atoms in total. The maximum absolute atomic E-state index is 11.9. The Balaban J connectivity index is 1.19. The van der Waals surface area contributed by atoms with Gasteiger partial charge in [-0.2, -0.15) is 0 Å². The Morgan fingerprint density at radius 3 is 2.60 bits per heavy atom. The van der Waals surface area contributed by atoms with E-state index in [0.29, 0.717) is 17.9 Å². The summed E-state index contributed by atoms with van der Waals surface area (Å²) in [7, 11) is 0. The molecule has 0 aliphatic carbocycles. The molecule has 3 heterocycles. The Labute approximate surface area is 233 Å². The minimum Gasteiger partial charge on any atom is -0.395 e. The molecular formula is C31H32N4O5. The number of carbonyl (C=O) groups is 1. The zero-order valence-corrected chi connectivity index (χ0v) is 22.4. The Morgan fingerprint density at radius 1 is 1.15 bits per heavy atom. The molecule has 1 amide bonds. The third-order valence-corrected chi connectivity index (χ3v) is 6.56. The third kappa shape index (κ3) is 7.04. The Bertz CT molecular complexity index is 1460. The fraction of sp³-hybridized carbons (Fsp3) is 0.323. The summed E-state index contributed by atoms with van der Waals surface area (Å²) >= 11 is 0. The molecule has 4 aromatic rings. The molecule has 2 atom stereocenters. The smallest absolute Gasteiger partial charge is 0.251 e. The van der Waals surface area contributed by atoms with Crippen LogP contribution in [0.5, 0.6) is 0 Å². The summed E-state index contributed by atoms with van der Waals surface area (Å²) in [6.45, 7) is 3.38. The highest BCUT2D eigenvalue weighted by atomic mass is 16.7. The van der Waals surface area contributed by atoms with Gasteiger partial charge in [0.2, 0.25) is 0 Å². The van der Waals surface area contributed by atoms with E-state index in [1.165, 1.54) is 0 Å². The van der Waals surface area contributed by atoms with Crippen molar-refractivity contribution in [1.29, 1.82) is 0 Å². The fourth-order valence-corrected chi connectivity index (χ4v) is 4.46. The van der Waals surface area contributed by atoms with Crippen molar-refractivity contribution in [2.75, 3.05) is 19.8 Å². The van der Waals surface area contributed by atoms with Crippen LogP contribution in [0.2, 0.25) is 0 Å². The van der Waals surface area contributed by atoms with Gasteiger partial charge in [0.25, 0.3) is 5.91 Å². The van der Waals surface area contributed by atoms with Crippen LogP contribution < -0.4 is 5.32 Å². The van der Waals surface area contributed by atoms with Crippen molar-refractivity contribution in [3.8, 4) is 23.2 Å². The van der Waals surface area contributed by atoms with Gasteiger partial charge in [0.05, 0.1) is 13.2 Å². The number of rotatable bonds is 9. The summed E-state index contributed by atoms with van der Waals surface area (Å²) in [6.07, 6.45) is 6.40. The summed E-state index contributed by atoms with van der Waals surface area (Å²) in [5.41, 5.74) is 3.86. The molecule has 40 heavy (non-hydrogen) atoms. The standard InChI is InChI=1S/C31H32N4O5/c1-22(39-29-4-2-3-19-38-29)30-32-15-17-35(30)21-27-20-28(40-34-27)25-11-7-23(8-12-25)5-6-24-9-13-26(14-10-24)31(37)33-16-18-36/h7-15,17,20,22,29,36H,2-4,16,18-19,21H2,1H3,(H,33,37)/t22-,29?/m0/s1. The van der Waals surface area contributed by atoms with Gasteiger partial charge in [-0.05, 0) is 74.7 Å². The number of benzene rings is 2. The lowest BCUT2D eigenvalue weighted by Gasteiger charge is -2.26. The second kappa shape index (κ2) is 13.2.